The van der Waals surface area contributed by atoms with E-state index in [4.69, 9.17) is 0 Å². The topological polar surface area (TPSA) is 20.2 Å². The Morgan fingerprint density at radius 1 is 0.542 bits per heavy atom. The lowest BCUT2D eigenvalue weighted by Gasteiger charge is -2.21. The maximum atomic E-state index is 11.2. The minimum atomic E-state index is -1.16. The van der Waals surface area contributed by atoms with Crippen LogP contribution in [0.4, 0.5) is 0 Å². The fourth-order valence-corrected chi connectivity index (χ4v) is 2.53. The van der Waals surface area contributed by atoms with Gasteiger partial charge in [0.2, 0.25) is 0 Å². The number of hydrogen-bond acceptors (Lipinski definition) is 1. The zero-order chi connectivity index (χ0) is 16.7. The third kappa shape index (κ3) is 4.09. The zero-order valence-electron chi connectivity index (χ0n) is 13.4. The highest BCUT2D eigenvalue weighted by molar-refractivity contribution is 5.57. The quantitative estimate of drug-likeness (QED) is 0.677. The summed E-state index contributed by atoms with van der Waals surface area (Å²) in [4.78, 5) is 0. The Morgan fingerprint density at radius 2 is 0.917 bits per heavy atom. The summed E-state index contributed by atoms with van der Waals surface area (Å²) in [6.45, 7) is 0. The molecule has 1 heteroatoms. The zero-order valence-corrected chi connectivity index (χ0v) is 13.4. The summed E-state index contributed by atoms with van der Waals surface area (Å²) in [7, 11) is 0. The fourth-order valence-electron chi connectivity index (χ4n) is 2.53. The van der Waals surface area contributed by atoms with E-state index in [0.717, 1.165) is 16.7 Å². The van der Waals surface area contributed by atoms with Crippen LogP contribution in [0.25, 0.3) is 12.2 Å². The van der Waals surface area contributed by atoms with Crippen molar-refractivity contribution in [1.29, 1.82) is 0 Å². The molecule has 118 valence electrons. The summed E-state index contributed by atoms with van der Waals surface area (Å²) in [6, 6.07) is 29.7. The maximum Gasteiger partial charge on any atom is 0.127 e. The molecule has 3 rings (SSSR count). The molecule has 0 atom stereocenters. The molecule has 0 saturated carbocycles. The normalized spacial score (nSPS) is 14.0. The van der Waals surface area contributed by atoms with Gasteiger partial charge in [0.1, 0.15) is 5.60 Å². The molecule has 0 bridgehead atoms. The van der Waals surface area contributed by atoms with Crippen molar-refractivity contribution in [2.24, 2.45) is 0 Å². The predicted molar refractivity (Wildman–Crippen MR) is 101 cm³/mol. The summed E-state index contributed by atoms with van der Waals surface area (Å²) in [5.41, 5.74) is 1.79. The highest BCUT2D eigenvalue weighted by Gasteiger charge is 2.22. The Labute approximate surface area is 143 Å². The molecule has 1 N–H and O–H groups in total. The summed E-state index contributed by atoms with van der Waals surface area (Å²) in [6.07, 6.45) is 7.55. The second-order valence-corrected chi connectivity index (χ2v) is 5.68. The highest BCUT2D eigenvalue weighted by Crippen LogP contribution is 2.26. The van der Waals surface area contributed by atoms with E-state index in [-0.39, 0.29) is 0 Å². The Balaban J connectivity index is 1.95. The number of rotatable bonds is 5. The van der Waals surface area contributed by atoms with Crippen molar-refractivity contribution < 1.29 is 5.11 Å². The molecular weight excluding hydrogens is 292 g/mol. The van der Waals surface area contributed by atoms with Crippen LogP contribution in [-0.4, -0.2) is 5.11 Å². The van der Waals surface area contributed by atoms with Gasteiger partial charge in [0.25, 0.3) is 0 Å². The van der Waals surface area contributed by atoms with Crippen LogP contribution in [0, 0.1) is 0 Å². The molecule has 0 aliphatic carbocycles. The van der Waals surface area contributed by atoms with Gasteiger partial charge in [-0.15, -0.1) is 0 Å². The van der Waals surface area contributed by atoms with E-state index in [0.29, 0.717) is 0 Å². The monoisotopic (exact) mass is 312 g/mol. The lowest BCUT2D eigenvalue weighted by molar-refractivity contribution is 0.145. The van der Waals surface area contributed by atoms with E-state index in [2.05, 4.69) is 0 Å². The van der Waals surface area contributed by atoms with Gasteiger partial charge in [0, 0.05) is 0 Å². The molecule has 0 aromatic heterocycles. The minimum Gasteiger partial charge on any atom is -0.377 e. The average molecular weight is 312 g/mol. The highest BCUT2D eigenvalue weighted by atomic mass is 16.3. The largest absolute Gasteiger partial charge is 0.377 e. The molecule has 3 aromatic carbocycles. The lowest BCUT2D eigenvalue weighted by atomic mass is 9.91. The van der Waals surface area contributed by atoms with Crippen molar-refractivity contribution in [1.82, 2.24) is 0 Å². The first-order valence-electron chi connectivity index (χ1n) is 8.03. The van der Waals surface area contributed by atoms with E-state index in [1.54, 1.807) is 0 Å². The van der Waals surface area contributed by atoms with E-state index < -0.39 is 5.60 Å². The molecule has 0 radical (unpaired) electrons. The third-order valence-corrected chi connectivity index (χ3v) is 3.90. The van der Waals surface area contributed by atoms with Crippen LogP contribution < -0.4 is 0 Å². The molecule has 0 unspecified atom stereocenters. The Morgan fingerprint density at radius 3 is 1.33 bits per heavy atom. The van der Waals surface area contributed by atoms with Gasteiger partial charge in [-0.05, 0) is 28.8 Å². The molecule has 3 aromatic rings. The van der Waals surface area contributed by atoms with E-state index >= 15 is 0 Å². The molecule has 0 fully saturated rings. The molecule has 0 saturated heterocycles. The summed E-state index contributed by atoms with van der Waals surface area (Å²) >= 11 is 0. The van der Waals surface area contributed by atoms with Crippen molar-refractivity contribution in [2.45, 2.75) is 5.60 Å². The van der Waals surface area contributed by atoms with Crippen molar-refractivity contribution in [3.63, 3.8) is 0 Å². The van der Waals surface area contributed by atoms with Gasteiger partial charge < -0.3 is 5.11 Å². The second-order valence-electron chi connectivity index (χ2n) is 5.68. The van der Waals surface area contributed by atoms with Gasteiger partial charge in [0.05, 0.1) is 0 Å². The Hall–Kier alpha value is -2.90. The second kappa shape index (κ2) is 7.58. The number of benzene rings is 3. The first-order valence-corrected chi connectivity index (χ1v) is 8.03. The van der Waals surface area contributed by atoms with Crippen LogP contribution in [0.1, 0.15) is 16.7 Å². The van der Waals surface area contributed by atoms with Gasteiger partial charge in [-0.1, -0.05) is 103 Å². The lowest BCUT2D eigenvalue weighted by Crippen LogP contribution is -2.19. The third-order valence-electron chi connectivity index (χ3n) is 3.90. The predicted octanol–water partition coefficient (Wildman–Crippen LogP) is 5.30. The smallest absolute Gasteiger partial charge is 0.127 e. The molecule has 0 spiro atoms. The van der Waals surface area contributed by atoms with Crippen molar-refractivity contribution in [3.8, 4) is 0 Å². The van der Waals surface area contributed by atoms with Gasteiger partial charge in [0.15, 0.2) is 0 Å². The van der Waals surface area contributed by atoms with Crippen LogP contribution in [0.5, 0.6) is 0 Å². The van der Waals surface area contributed by atoms with E-state index in [1.807, 2.05) is 115 Å². The number of hydrogen-bond donors (Lipinski definition) is 1. The summed E-state index contributed by atoms with van der Waals surface area (Å²) in [5.74, 6) is 0. The Kier molecular flexibility index (Phi) is 5.05. The SMILES string of the molecule is OC(C=Cc1ccccc1)(C=Cc1ccccc1)c1ccccc1. The summed E-state index contributed by atoms with van der Waals surface area (Å²) in [5, 5.41) is 11.2. The van der Waals surface area contributed by atoms with Gasteiger partial charge >= 0.3 is 0 Å². The molecule has 0 aliphatic rings. The standard InChI is InChI=1S/C23H20O/c24-23(22-14-8-3-9-15-22,18-16-20-10-4-1-5-11-20)19-17-21-12-6-2-7-13-21/h1-19,24H. The van der Waals surface area contributed by atoms with E-state index in [1.165, 1.54) is 0 Å². The fraction of sp³-hybridized carbons (Fsp3) is 0.0435. The van der Waals surface area contributed by atoms with Crippen molar-refractivity contribution in [3.05, 3.63) is 120 Å². The summed E-state index contributed by atoms with van der Waals surface area (Å²) < 4.78 is 0. The molecule has 24 heavy (non-hydrogen) atoms. The van der Waals surface area contributed by atoms with Gasteiger partial charge in [-0.2, -0.15) is 0 Å². The van der Waals surface area contributed by atoms with Gasteiger partial charge in [-0.3, -0.25) is 0 Å². The van der Waals surface area contributed by atoms with Crippen molar-refractivity contribution in [2.75, 3.05) is 0 Å². The van der Waals surface area contributed by atoms with Crippen LogP contribution in [0.2, 0.25) is 0 Å². The molecular formula is C23H20O. The van der Waals surface area contributed by atoms with Crippen LogP contribution in [0.15, 0.2) is 103 Å². The van der Waals surface area contributed by atoms with Crippen LogP contribution in [-0.2, 0) is 5.60 Å². The average Bonchev–Trinajstić information content (AvgIpc) is 2.67. The van der Waals surface area contributed by atoms with Crippen LogP contribution >= 0.6 is 0 Å². The minimum absolute atomic E-state index is 0.837. The van der Waals surface area contributed by atoms with E-state index in [9.17, 15) is 5.11 Å². The molecule has 0 heterocycles. The molecule has 0 aliphatic heterocycles. The van der Waals surface area contributed by atoms with Crippen molar-refractivity contribution >= 4 is 12.2 Å². The molecule has 1 nitrogen and oxygen atoms in total. The number of aliphatic hydroxyl groups is 1. The first-order chi connectivity index (χ1) is 11.8. The van der Waals surface area contributed by atoms with Gasteiger partial charge in [-0.25, -0.2) is 0 Å². The Bertz CT molecular complexity index is 753. The first kappa shape index (κ1) is 16.0. The molecule has 0 amide bonds. The maximum absolute atomic E-state index is 11.2. The van der Waals surface area contributed by atoms with Crippen LogP contribution in [0.3, 0.4) is 0 Å².